The van der Waals surface area contributed by atoms with Crippen molar-refractivity contribution in [2.45, 2.75) is 19.8 Å². The molecule has 2 aromatic rings. The number of nitrogens with one attached hydrogen (secondary N) is 1. The molecule has 8 heteroatoms. The molecule has 156 valence electrons. The Bertz CT molecular complexity index is 1050. The average Bonchev–Trinajstić information content (AvgIpc) is 2.70. The van der Waals surface area contributed by atoms with Crippen molar-refractivity contribution >= 4 is 56.8 Å². The fraction of sp³-hybridized carbons (Fsp3) is 0.227. The van der Waals surface area contributed by atoms with E-state index < -0.39 is 11.8 Å². The van der Waals surface area contributed by atoms with Gasteiger partial charge in [0, 0.05) is 0 Å². The Balaban J connectivity index is 2.01. The number of ether oxygens (including phenoxy) is 2. The van der Waals surface area contributed by atoms with Crippen molar-refractivity contribution in [1.29, 1.82) is 0 Å². The van der Waals surface area contributed by atoms with E-state index >= 15 is 0 Å². The molecule has 0 atom stereocenters. The van der Waals surface area contributed by atoms with Gasteiger partial charge in [-0.1, -0.05) is 26.0 Å². The average molecular weight is 489 g/mol. The number of methoxy groups -OCH3 is 2. The molecule has 1 N–H and O–H groups in total. The van der Waals surface area contributed by atoms with E-state index in [0.29, 0.717) is 33.1 Å². The molecule has 2 amide bonds. The molecule has 1 heterocycles. The highest BCUT2D eigenvalue weighted by atomic mass is 79.9. The monoisotopic (exact) mass is 488 g/mol. The maximum atomic E-state index is 13.2. The Hall–Kier alpha value is -2.71. The van der Waals surface area contributed by atoms with Gasteiger partial charge in [0.15, 0.2) is 16.6 Å². The van der Waals surface area contributed by atoms with E-state index in [-0.39, 0.29) is 10.7 Å². The lowest BCUT2D eigenvalue weighted by Crippen LogP contribution is -2.54. The van der Waals surface area contributed by atoms with E-state index in [2.05, 4.69) is 35.1 Å². The minimum absolute atomic E-state index is 0.0318. The first-order chi connectivity index (χ1) is 14.3. The predicted molar refractivity (Wildman–Crippen MR) is 124 cm³/mol. The number of carbonyl (C=O) groups is 2. The molecule has 30 heavy (non-hydrogen) atoms. The second-order valence-electron chi connectivity index (χ2n) is 6.94. The van der Waals surface area contributed by atoms with Crippen LogP contribution in [-0.4, -0.2) is 31.1 Å². The summed E-state index contributed by atoms with van der Waals surface area (Å²) in [5.74, 6) is 0.311. The normalized spacial score (nSPS) is 15.6. The van der Waals surface area contributed by atoms with Crippen LogP contribution in [0, 0.1) is 0 Å². The van der Waals surface area contributed by atoms with E-state index in [0.717, 1.165) is 5.56 Å². The molecule has 0 unspecified atom stereocenters. The zero-order valence-corrected chi connectivity index (χ0v) is 19.4. The van der Waals surface area contributed by atoms with Crippen LogP contribution in [0.3, 0.4) is 0 Å². The molecular formula is C22H21BrN2O4S. The summed E-state index contributed by atoms with van der Waals surface area (Å²) in [5.41, 5.74) is 2.30. The molecule has 0 aliphatic carbocycles. The Labute approximate surface area is 189 Å². The lowest BCUT2D eigenvalue weighted by Gasteiger charge is -2.29. The van der Waals surface area contributed by atoms with Gasteiger partial charge in [-0.25, -0.2) is 0 Å². The van der Waals surface area contributed by atoms with E-state index in [9.17, 15) is 9.59 Å². The molecule has 0 aromatic heterocycles. The van der Waals surface area contributed by atoms with Crippen LogP contribution >= 0.6 is 28.1 Å². The maximum Gasteiger partial charge on any atom is 0.270 e. The number of halogens is 1. The quantitative estimate of drug-likeness (QED) is 0.383. The van der Waals surface area contributed by atoms with Crippen molar-refractivity contribution in [3.63, 3.8) is 0 Å². The Morgan fingerprint density at radius 2 is 1.77 bits per heavy atom. The van der Waals surface area contributed by atoms with Gasteiger partial charge in [0.25, 0.3) is 11.8 Å². The van der Waals surface area contributed by atoms with Crippen molar-refractivity contribution in [2.75, 3.05) is 19.1 Å². The summed E-state index contributed by atoms with van der Waals surface area (Å²) in [7, 11) is 3.04. The number of anilines is 1. The topological polar surface area (TPSA) is 67.9 Å². The summed E-state index contributed by atoms with van der Waals surface area (Å²) < 4.78 is 11.3. The lowest BCUT2D eigenvalue weighted by atomic mass is 10.0. The third kappa shape index (κ3) is 4.24. The molecule has 0 saturated carbocycles. The van der Waals surface area contributed by atoms with Gasteiger partial charge in [-0.2, -0.15) is 0 Å². The van der Waals surface area contributed by atoms with Gasteiger partial charge >= 0.3 is 0 Å². The summed E-state index contributed by atoms with van der Waals surface area (Å²) in [6, 6.07) is 11.0. The van der Waals surface area contributed by atoms with Crippen LogP contribution in [0.25, 0.3) is 6.08 Å². The zero-order valence-electron chi connectivity index (χ0n) is 17.0. The molecule has 0 radical (unpaired) electrons. The number of amides is 2. The van der Waals surface area contributed by atoms with Gasteiger partial charge in [0.05, 0.1) is 24.4 Å². The van der Waals surface area contributed by atoms with Gasteiger partial charge < -0.3 is 9.47 Å². The number of thiocarbonyl (C=S) groups is 1. The number of benzene rings is 2. The van der Waals surface area contributed by atoms with Crippen molar-refractivity contribution in [3.05, 3.63) is 57.6 Å². The predicted octanol–water partition coefficient (Wildman–Crippen LogP) is 4.42. The summed E-state index contributed by atoms with van der Waals surface area (Å²) in [5, 5.41) is 2.64. The third-order valence-corrected chi connectivity index (χ3v) is 5.56. The molecule has 6 nitrogen and oxygen atoms in total. The van der Waals surface area contributed by atoms with Gasteiger partial charge in [-0.05, 0) is 75.5 Å². The molecule has 1 aliphatic rings. The summed E-state index contributed by atoms with van der Waals surface area (Å²) in [6.07, 6.45) is 1.50. The molecule has 0 bridgehead atoms. The number of hydrogen-bond donors (Lipinski definition) is 1. The van der Waals surface area contributed by atoms with Crippen molar-refractivity contribution in [1.82, 2.24) is 5.32 Å². The molecular weight excluding hydrogens is 468 g/mol. The van der Waals surface area contributed by atoms with Crippen LogP contribution < -0.4 is 19.7 Å². The van der Waals surface area contributed by atoms with Crippen LogP contribution in [0.15, 0.2) is 46.4 Å². The fourth-order valence-electron chi connectivity index (χ4n) is 3.09. The van der Waals surface area contributed by atoms with Crippen LogP contribution in [0.2, 0.25) is 0 Å². The summed E-state index contributed by atoms with van der Waals surface area (Å²) in [6.45, 7) is 4.18. The largest absolute Gasteiger partial charge is 0.493 e. The third-order valence-electron chi connectivity index (χ3n) is 4.69. The maximum absolute atomic E-state index is 13.2. The second-order valence-corrected chi connectivity index (χ2v) is 8.18. The minimum atomic E-state index is -0.550. The summed E-state index contributed by atoms with van der Waals surface area (Å²) >= 11 is 8.68. The SMILES string of the molecule is COc1cc(/C=C2/C(=O)NC(=S)N(c3ccc(C(C)C)cc3)C2=O)cc(Br)c1OC. The first kappa shape index (κ1) is 22.0. The summed E-state index contributed by atoms with van der Waals surface area (Å²) in [4.78, 5) is 27.0. The molecule has 2 aromatic carbocycles. The van der Waals surface area contributed by atoms with Crippen LogP contribution in [0.1, 0.15) is 30.9 Å². The standard InChI is InChI=1S/C22H21BrN2O4S/c1-12(2)14-5-7-15(8-6-14)25-21(27)16(20(26)24-22(25)30)9-13-10-17(23)19(29-4)18(11-13)28-3/h5-12H,1-4H3,(H,24,26,30)/b16-9-. The Morgan fingerprint density at radius 1 is 1.10 bits per heavy atom. The van der Waals surface area contributed by atoms with E-state index in [1.54, 1.807) is 12.1 Å². The smallest absolute Gasteiger partial charge is 0.270 e. The molecule has 1 fully saturated rings. The highest BCUT2D eigenvalue weighted by molar-refractivity contribution is 9.10. The van der Waals surface area contributed by atoms with Gasteiger partial charge in [-0.15, -0.1) is 0 Å². The van der Waals surface area contributed by atoms with Gasteiger partial charge in [0.1, 0.15) is 5.57 Å². The number of nitrogens with zero attached hydrogens (tertiary/aromatic N) is 1. The van der Waals surface area contributed by atoms with Crippen LogP contribution in [0.4, 0.5) is 5.69 Å². The van der Waals surface area contributed by atoms with Crippen molar-refractivity contribution in [3.8, 4) is 11.5 Å². The Morgan fingerprint density at radius 3 is 2.33 bits per heavy atom. The number of carbonyl (C=O) groups excluding carboxylic acids is 2. The first-order valence-corrected chi connectivity index (χ1v) is 10.4. The highest BCUT2D eigenvalue weighted by Gasteiger charge is 2.34. The van der Waals surface area contributed by atoms with Gasteiger partial charge in [-0.3, -0.25) is 19.8 Å². The number of hydrogen-bond acceptors (Lipinski definition) is 5. The number of rotatable bonds is 5. The first-order valence-electron chi connectivity index (χ1n) is 9.19. The van der Waals surface area contributed by atoms with E-state index in [4.69, 9.17) is 21.7 Å². The van der Waals surface area contributed by atoms with E-state index in [1.165, 1.54) is 25.2 Å². The van der Waals surface area contributed by atoms with Gasteiger partial charge in [0.2, 0.25) is 0 Å². The second kappa shape index (κ2) is 8.97. The molecule has 1 aliphatic heterocycles. The zero-order chi connectivity index (χ0) is 22.0. The molecule has 1 saturated heterocycles. The van der Waals surface area contributed by atoms with E-state index in [1.807, 2.05) is 24.3 Å². The minimum Gasteiger partial charge on any atom is -0.493 e. The van der Waals surface area contributed by atoms with Crippen LogP contribution in [0.5, 0.6) is 11.5 Å². The molecule has 3 rings (SSSR count). The molecule has 0 spiro atoms. The van der Waals surface area contributed by atoms with Crippen molar-refractivity contribution in [2.24, 2.45) is 0 Å². The van der Waals surface area contributed by atoms with Crippen LogP contribution in [-0.2, 0) is 9.59 Å². The lowest BCUT2D eigenvalue weighted by molar-refractivity contribution is -0.122. The highest BCUT2D eigenvalue weighted by Crippen LogP contribution is 2.37. The van der Waals surface area contributed by atoms with Crippen molar-refractivity contribution < 1.29 is 19.1 Å². The fourth-order valence-corrected chi connectivity index (χ4v) is 3.99. The Kier molecular flexibility index (Phi) is 6.58.